The summed E-state index contributed by atoms with van der Waals surface area (Å²) in [6.45, 7) is 8.18. The molecule has 0 N–H and O–H groups in total. The first-order chi connectivity index (χ1) is 14.9. The van der Waals surface area contributed by atoms with Crippen molar-refractivity contribution in [3.05, 3.63) is 65.5 Å². The molecule has 0 unspecified atom stereocenters. The number of hydrogen-bond acceptors (Lipinski definition) is 5. The van der Waals surface area contributed by atoms with E-state index in [4.69, 9.17) is 9.47 Å². The smallest absolute Gasteiger partial charge is 0.338 e. The molecule has 1 saturated heterocycles. The third kappa shape index (κ3) is 6.04. The van der Waals surface area contributed by atoms with Gasteiger partial charge in [0.2, 0.25) is 0 Å². The number of hydrogen-bond donors (Lipinski definition) is 0. The van der Waals surface area contributed by atoms with E-state index in [0.29, 0.717) is 24.5 Å². The van der Waals surface area contributed by atoms with E-state index in [1.807, 2.05) is 11.8 Å². The molecule has 1 fully saturated rings. The number of rotatable bonds is 7. The van der Waals surface area contributed by atoms with Crippen LogP contribution in [0.25, 0.3) is 0 Å². The van der Waals surface area contributed by atoms with Crippen molar-refractivity contribution in [2.24, 2.45) is 0 Å². The van der Waals surface area contributed by atoms with Gasteiger partial charge in [0, 0.05) is 31.7 Å². The molecular formula is C24H29FN2O4. The SMILES string of the molecule is CCOC(=O)c1ccc(OCC(=O)N2C[C@@H](C)N(Cc3ccc(F)cc3)C[C@@H]2C)cc1. The highest BCUT2D eigenvalue weighted by Crippen LogP contribution is 2.19. The summed E-state index contributed by atoms with van der Waals surface area (Å²) in [5.41, 5.74) is 1.50. The summed E-state index contributed by atoms with van der Waals surface area (Å²) in [5.74, 6) is -0.171. The van der Waals surface area contributed by atoms with Gasteiger partial charge in [-0.1, -0.05) is 12.1 Å². The van der Waals surface area contributed by atoms with Gasteiger partial charge in [0.05, 0.1) is 12.2 Å². The Morgan fingerprint density at radius 1 is 1.00 bits per heavy atom. The van der Waals surface area contributed by atoms with Crippen molar-refractivity contribution in [1.82, 2.24) is 9.80 Å². The van der Waals surface area contributed by atoms with Gasteiger partial charge in [0.1, 0.15) is 11.6 Å². The van der Waals surface area contributed by atoms with Crippen LogP contribution in [-0.2, 0) is 16.1 Å². The van der Waals surface area contributed by atoms with Crippen LogP contribution < -0.4 is 4.74 Å². The third-order valence-corrected chi connectivity index (χ3v) is 5.46. The van der Waals surface area contributed by atoms with Gasteiger partial charge in [-0.3, -0.25) is 9.69 Å². The summed E-state index contributed by atoms with van der Waals surface area (Å²) < 4.78 is 23.7. The maximum Gasteiger partial charge on any atom is 0.338 e. The predicted molar refractivity (Wildman–Crippen MR) is 115 cm³/mol. The van der Waals surface area contributed by atoms with Crippen LogP contribution in [0.1, 0.15) is 36.7 Å². The van der Waals surface area contributed by atoms with E-state index in [2.05, 4.69) is 11.8 Å². The number of halogens is 1. The molecular weight excluding hydrogens is 399 g/mol. The minimum Gasteiger partial charge on any atom is -0.484 e. The Hall–Kier alpha value is -2.93. The minimum absolute atomic E-state index is 0.0407. The molecule has 31 heavy (non-hydrogen) atoms. The molecule has 0 spiro atoms. The molecule has 166 valence electrons. The van der Waals surface area contributed by atoms with Crippen molar-refractivity contribution >= 4 is 11.9 Å². The van der Waals surface area contributed by atoms with Crippen LogP contribution in [0.5, 0.6) is 5.75 Å². The van der Waals surface area contributed by atoms with Gasteiger partial charge in [0.15, 0.2) is 6.61 Å². The molecule has 2 aromatic rings. The number of amides is 1. The van der Waals surface area contributed by atoms with E-state index in [1.54, 1.807) is 43.3 Å². The fourth-order valence-corrected chi connectivity index (χ4v) is 3.72. The van der Waals surface area contributed by atoms with Gasteiger partial charge < -0.3 is 14.4 Å². The lowest BCUT2D eigenvalue weighted by atomic mass is 10.1. The average molecular weight is 429 g/mol. The van der Waals surface area contributed by atoms with Gasteiger partial charge in [-0.25, -0.2) is 9.18 Å². The van der Waals surface area contributed by atoms with Crippen molar-refractivity contribution in [1.29, 1.82) is 0 Å². The van der Waals surface area contributed by atoms with Gasteiger partial charge in [-0.15, -0.1) is 0 Å². The third-order valence-electron chi connectivity index (χ3n) is 5.46. The van der Waals surface area contributed by atoms with Gasteiger partial charge in [0.25, 0.3) is 5.91 Å². The molecule has 1 aliphatic rings. The Bertz CT molecular complexity index is 885. The van der Waals surface area contributed by atoms with Crippen molar-refractivity contribution in [2.45, 2.75) is 39.4 Å². The second kappa shape index (κ2) is 10.4. The molecule has 1 heterocycles. The summed E-state index contributed by atoms with van der Waals surface area (Å²) in [5, 5.41) is 0. The molecule has 0 radical (unpaired) electrons. The number of benzene rings is 2. The lowest BCUT2D eigenvalue weighted by Gasteiger charge is -2.44. The summed E-state index contributed by atoms with van der Waals surface area (Å²) in [7, 11) is 0. The highest BCUT2D eigenvalue weighted by molar-refractivity contribution is 5.89. The fourth-order valence-electron chi connectivity index (χ4n) is 3.72. The molecule has 0 saturated carbocycles. The maximum atomic E-state index is 13.1. The Kier molecular flexibility index (Phi) is 7.63. The summed E-state index contributed by atoms with van der Waals surface area (Å²) in [4.78, 5) is 28.6. The van der Waals surface area contributed by atoms with Gasteiger partial charge in [-0.2, -0.15) is 0 Å². The second-order valence-electron chi connectivity index (χ2n) is 7.83. The normalized spacial score (nSPS) is 19.2. The fraction of sp³-hybridized carbons (Fsp3) is 0.417. The lowest BCUT2D eigenvalue weighted by molar-refractivity contribution is -0.139. The Balaban J connectivity index is 1.51. The van der Waals surface area contributed by atoms with Gasteiger partial charge >= 0.3 is 5.97 Å². The number of piperazine rings is 1. The zero-order chi connectivity index (χ0) is 22.4. The van der Waals surface area contributed by atoms with Crippen LogP contribution in [0, 0.1) is 5.82 Å². The lowest BCUT2D eigenvalue weighted by Crippen LogP contribution is -2.58. The summed E-state index contributed by atoms with van der Waals surface area (Å²) >= 11 is 0. The van der Waals surface area contributed by atoms with Crippen molar-refractivity contribution in [3.63, 3.8) is 0 Å². The number of carbonyl (C=O) groups is 2. The predicted octanol–water partition coefficient (Wildman–Crippen LogP) is 3.50. The minimum atomic E-state index is -0.383. The van der Waals surface area contributed by atoms with Gasteiger partial charge in [-0.05, 0) is 62.7 Å². The Morgan fingerprint density at radius 3 is 2.32 bits per heavy atom. The first-order valence-corrected chi connectivity index (χ1v) is 10.5. The van der Waals surface area contributed by atoms with E-state index in [9.17, 15) is 14.0 Å². The monoisotopic (exact) mass is 428 g/mol. The number of nitrogens with zero attached hydrogens (tertiary/aromatic N) is 2. The highest BCUT2D eigenvalue weighted by atomic mass is 19.1. The topological polar surface area (TPSA) is 59.1 Å². The highest BCUT2D eigenvalue weighted by Gasteiger charge is 2.32. The van der Waals surface area contributed by atoms with E-state index in [0.717, 1.165) is 18.7 Å². The molecule has 0 aromatic heterocycles. The molecule has 6 nitrogen and oxygen atoms in total. The second-order valence-corrected chi connectivity index (χ2v) is 7.83. The van der Waals surface area contributed by atoms with Crippen molar-refractivity contribution in [3.8, 4) is 5.75 Å². The molecule has 0 bridgehead atoms. The largest absolute Gasteiger partial charge is 0.484 e. The Morgan fingerprint density at radius 2 is 1.68 bits per heavy atom. The average Bonchev–Trinajstić information content (AvgIpc) is 2.76. The molecule has 1 aliphatic heterocycles. The Labute approximate surface area is 182 Å². The number of esters is 1. The quantitative estimate of drug-likeness (QED) is 0.632. The zero-order valence-electron chi connectivity index (χ0n) is 18.2. The van der Waals surface area contributed by atoms with Crippen LogP contribution in [0.2, 0.25) is 0 Å². The molecule has 2 atom stereocenters. The van der Waals surface area contributed by atoms with Crippen molar-refractivity contribution < 1.29 is 23.5 Å². The standard InChI is InChI=1S/C24H29FN2O4/c1-4-30-24(29)20-7-11-22(12-8-20)31-16-23(28)27-14-17(2)26(13-18(27)3)15-19-5-9-21(25)10-6-19/h5-12,17-18H,4,13-16H2,1-3H3/t17-,18+/m1/s1. The molecule has 3 rings (SSSR count). The maximum absolute atomic E-state index is 13.1. The summed E-state index contributed by atoms with van der Waals surface area (Å²) in [6, 6.07) is 13.3. The van der Waals surface area contributed by atoms with E-state index >= 15 is 0 Å². The van der Waals surface area contributed by atoms with Crippen molar-refractivity contribution in [2.75, 3.05) is 26.3 Å². The number of carbonyl (C=O) groups excluding carboxylic acids is 2. The zero-order valence-corrected chi connectivity index (χ0v) is 18.2. The van der Waals surface area contributed by atoms with Crippen LogP contribution in [0.3, 0.4) is 0 Å². The molecule has 1 amide bonds. The van der Waals surface area contributed by atoms with Crippen LogP contribution in [0.4, 0.5) is 4.39 Å². The number of ether oxygens (including phenoxy) is 2. The van der Waals surface area contributed by atoms with E-state index in [-0.39, 0.29) is 36.4 Å². The van der Waals surface area contributed by atoms with E-state index < -0.39 is 0 Å². The van der Waals surface area contributed by atoms with E-state index in [1.165, 1.54) is 12.1 Å². The van der Waals surface area contributed by atoms with Crippen LogP contribution >= 0.6 is 0 Å². The van der Waals surface area contributed by atoms with Crippen LogP contribution in [-0.4, -0.2) is 60.1 Å². The summed E-state index contributed by atoms with van der Waals surface area (Å²) in [6.07, 6.45) is 0. The molecule has 2 aromatic carbocycles. The molecule has 0 aliphatic carbocycles. The first-order valence-electron chi connectivity index (χ1n) is 10.5. The first kappa shape index (κ1) is 22.7. The molecule has 7 heteroatoms. The van der Waals surface area contributed by atoms with Crippen LogP contribution in [0.15, 0.2) is 48.5 Å².